The number of rotatable bonds is 4. The molecule has 1 aliphatic heterocycles. The lowest BCUT2D eigenvalue weighted by Gasteiger charge is -2.25. The molecule has 114 valence electrons. The summed E-state index contributed by atoms with van der Waals surface area (Å²) in [6.45, 7) is 1.43. The van der Waals surface area contributed by atoms with Crippen LogP contribution >= 0.6 is 11.6 Å². The molecule has 0 radical (unpaired) electrons. The Morgan fingerprint density at radius 1 is 1.48 bits per heavy atom. The maximum Gasteiger partial charge on any atom is 0.317 e. The minimum Gasteiger partial charge on any atom is -0.394 e. The number of nitrogens with one attached hydrogen (secondary N) is 1. The van der Waals surface area contributed by atoms with Crippen LogP contribution in [0.1, 0.15) is 31.2 Å². The van der Waals surface area contributed by atoms with Crippen LogP contribution in [0.2, 0.25) is 5.02 Å². The van der Waals surface area contributed by atoms with Gasteiger partial charge in [0.1, 0.15) is 0 Å². The monoisotopic (exact) mass is 308 g/mol. The molecule has 5 heteroatoms. The summed E-state index contributed by atoms with van der Waals surface area (Å²) < 4.78 is 0. The van der Waals surface area contributed by atoms with Gasteiger partial charge in [-0.2, -0.15) is 0 Å². The van der Waals surface area contributed by atoms with Crippen molar-refractivity contribution in [2.24, 2.45) is 0 Å². The number of aliphatic hydroxyl groups excluding tert-OH is 1. The Labute approximate surface area is 130 Å². The molecule has 0 aromatic heterocycles. The van der Waals surface area contributed by atoms with E-state index < -0.39 is 0 Å². The fourth-order valence-corrected chi connectivity index (χ4v) is 3.37. The number of benzene rings is 1. The van der Waals surface area contributed by atoms with Gasteiger partial charge in [0, 0.05) is 23.5 Å². The molecule has 1 atom stereocenters. The smallest absolute Gasteiger partial charge is 0.317 e. The number of carbonyl (C=O) groups excluding carboxylic acids is 1. The fourth-order valence-electron chi connectivity index (χ4n) is 3.18. The summed E-state index contributed by atoms with van der Waals surface area (Å²) in [5, 5.41) is 13.1. The number of amides is 2. The van der Waals surface area contributed by atoms with Gasteiger partial charge in [-0.3, -0.25) is 0 Å². The first-order valence-corrected chi connectivity index (χ1v) is 7.94. The molecule has 1 aromatic rings. The van der Waals surface area contributed by atoms with Crippen LogP contribution in [-0.4, -0.2) is 41.8 Å². The van der Waals surface area contributed by atoms with Crippen LogP contribution in [0, 0.1) is 0 Å². The molecule has 0 bridgehead atoms. The summed E-state index contributed by atoms with van der Waals surface area (Å²) >= 11 is 6.06. The zero-order valence-corrected chi connectivity index (χ0v) is 12.8. The SMILES string of the molecule is O=C(NCC1(c2cccc(Cl)c2)CC1)N1CCC[C@@H]1CO. The normalized spacial score (nSPS) is 23.1. The lowest BCUT2D eigenvalue weighted by atomic mass is 9.96. The molecule has 0 spiro atoms. The molecule has 2 aliphatic rings. The van der Waals surface area contributed by atoms with Gasteiger partial charge in [-0.15, -0.1) is 0 Å². The molecule has 2 fully saturated rings. The summed E-state index contributed by atoms with van der Waals surface area (Å²) in [6, 6.07) is 7.83. The average molecular weight is 309 g/mol. The topological polar surface area (TPSA) is 52.6 Å². The highest BCUT2D eigenvalue weighted by Gasteiger charge is 2.44. The van der Waals surface area contributed by atoms with Gasteiger partial charge in [0.15, 0.2) is 0 Å². The highest BCUT2D eigenvalue weighted by Crippen LogP contribution is 2.48. The molecule has 1 saturated carbocycles. The van der Waals surface area contributed by atoms with Crippen molar-refractivity contribution in [3.63, 3.8) is 0 Å². The van der Waals surface area contributed by atoms with Crippen molar-refractivity contribution in [2.45, 2.75) is 37.1 Å². The summed E-state index contributed by atoms with van der Waals surface area (Å²) in [5.74, 6) is 0. The van der Waals surface area contributed by atoms with Crippen molar-refractivity contribution >= 4 is 17.6 Å². The molecule has 21 heavy (non-hydrogen) atoms. The van der Waals surface area contributed by atoms with Gasteiger partial charge in [0.05, 0.1) is 12.6 Å². The Hall–Kier alpha value is -1.26. The van der Waals surface area contributed by atoms with Crippen molar-refractivity contribution < 1.29 is 9.90 Å². The van der Waals surface area contributed by atoms with Crippen molar-refractivity contribution in [1.82, 2.24) is 10.2 Å². The van der Waals surface area contributed by atoms with E-state index in [2.05, 4.69) is 11.4 Å². The van der Waals surface area contributed by atoms with E-state index >= 15 is 0 Å². The van der Waals surface area contributed by atoms with Gasteiger partial charge in [-0.25, -0.2) is 4.79 Å². The van der Waals surface area contributed by atoms with E-state index in [0.29, 0.717) is 6.54 Å². The largest absolute Gasteiger partial charge is 0.394 e. The molecule has 3 rings (SSSR count). The second-order valence-corrected chi connectivity index (χ2v) is 6.56. The van der Waals surface area contributed by atoms with Crippen LogP contribution in [-0.2, 0) is 5.41 Å². The minimum absolute atomic E-state index is 0.0219. The van der Waals surface area contributed by atoms with Crippen LogP contribution in [0.25, 0.3) is 0 Å². The van der Waals surface area contributed by atoms with E-state index in [1.54, 1.807) is 4.90 Å². The first-order valence-electron chi connectivity index (χ1n) is 7.56. The number of hydrogen-bond donors (Lipinski definition) is 2. The van der Waals surface area contributed by atoms with Gasteiger partial charge in [0.25, 0.3) is 0 Å². The Kier molecular flexibility index (Phi) is 4.09. The molecule has 1 saturated heterocycles. The van der Waals surface area contributed by atoms with Gasteiger partial charge >= 0.3 is 6.03 Å². The van der Waals surface area contributed by atoms with E-state index in [4.69, 9.17) is 11.6 Å². The predicted molar refractivity (Wildman–Crippen MR) is 82.6 cm³/mol. The van der Waals surface area contributed by atoms with Crippen molar-refractivity contribution in [1.29, 1.82) is 0 Å². The molecule has 4 nitrogen and oxygen atoms in total. The average Bonchev–Trinajstić information content (AvgIpc) is 3.13. The van der Waals surface area contributed by atoms with E-state index in [1.807, 2.05) is 18.2 Å². The first-order chi connectivity index (χ1) is 10.1. The number of carbonyl (C=O) groups is 1. The van der Waals surface area contributed by atoms with Crippen LogP contribution in [0.4, 0.5) is 4.79 Å². The van der Waals surface area contributed by atoms with Crippen molar-refractivity contribution in [3.8, 4) is 0 Å². The Morgan fingerprint density at radius 2 is 2.29 bits per heavy atom. The van der Waals surface area contributed by atoms with Crippen LogP contribution in [0.15, 0.2) is 24.3 Å². The second-order valence-electron chi connectivity index (χ2n) is 6.12. The number of nitrogens with zero attached hydrogens (tertiary/aromatic N) is 1. The van der Waals surface area contributed by atoms with E-state index in [0.717, 1.165) is 37.3 Å². The third-order valence-corrected chi connectivity index (χ3v) is 4.95. The van der Waals surface area contributed by atoms with E-state index in [1.165, 1.54) is 5.56 Å². The molecule has 1 aromatic carbocycles. The lowest BCUT2D eigenvalue weighted by Crippen LogP contribution is -2.46. The number of hydrogen-bond acceptors (Lipinski definition) is 2. The first kappa shape index (κ1) is 14.7. The maximum absolute atomic E-state index is 12.3. The number of likely N-dealkylation sites (tertiary alicyclic amines) is 1. The molecular weight excluding hydrogens is 288 g/mol. The number of halogens is 1. The third kappa shape index (κ3) is 3.01. The van der Waals surface area contributed by atoms with E-state index in [-0.39, 0.29) is 24.1 Å². The highest BCUT2D eigenvalue weighted by atomic mass is 35.5. The Balaban J connectivity index is 1.61. The highest BCUT2D eigenvalue weighted by molar-refractivity contribution is 6.30. The third-order valence-electron chi connectivity index (χ3n) is 4.72. The summed E-state index contributed by atoms with van der Waals surface area (Å²) in [6.07, 6.45) is 4.02. The zero-order valence-electron chi connectivity index (χ0n) is 12.0. The predicted octanol–water partition coefficient (Wildman–Crippen LogP) is 2.54. The summed E-state index contributed by atoms with van der Waals surface area (Å²) in [4.78, 5) is 14.0. The Bertz CT molecular complexity index is 531. The van der Waals surface area contributed by atoms with Gasteiger partial charge in [-0.05, 0) is 43.4 Å². The molecule has 1 heterocycles. The fraction of sp³-hybridized carbons (Fsp3) is 0.562. The van der Waals surface area contributed by atoms with Crippen molar-refractivity contribution in [3.05, 3.63) is 34.9 Å². The second kappa shape index (κ2) is 5.85. The number of urea groups is 1. The molecule has 1 aliphatic carbocycles. The Morgan fingerprint density at radius 3 is 2.95 bits per heavy atom. The lowest BCUT2D eigenvalue weighted by molar-refractivity contribution is 0.156. The van der Waals surface area contributed by atoms with Gasteiger partial charge in [0.2, 0.25) is 0 Å². The van der Waals surface area contributed by atoms with Gasteiger partial charge in [-0.1, -0.05) is 23.7 Å². The quantitative estimate of drug-likeness (QED) is 0.898. The summed E-state index contributed by atoms with van der Waals surface area (Å²) in [5.41, 5.74) is 1.25. The van der Waals surface area contributed by atoms with Crippen LogP contribution < -0.4 is 5.32 Å². The van der Waals surface area contributed by atoms with Crippen LogP contribution in [0.3, 0.4) is 0 Å². The molecule has 0 unspecified atom stereocenters. The minimum atomic E-state index is -0.0557. The van der Waals surface area contributed by atoms with Gasteiger partial charge < -0.3 is 15.3 Å². The standard InChI is InChI=1S/C16H21ClN2O2/c17-13-4-1-3-12(9-13)16(6-7-16)11-18-15(21)19-8-2-5-14(19)10-20/h1,3-4,9,14,20H,2,5-8,10-11H2,(H,18,21)/t14-/m1/s1. The molecule has 2 N–H and O–H groups in total. The molecule has 2 amide bonds. The van der Waals surface area contributed by atoms with Crippen LogP contribution in [0.5, 0.6) is 0 Å². The number of aliphatic hydroxyl groups is 1. The zero-order chi connectivity index (χ0) is 14.9. The van der Waals surface area contributed by atoms with E-state index in [9.17, 15) is 9.90 Å². The maximum atomic E-state index is 12.3. The molecular formula is C16H21ClN2O2. The van der Waals surface area contributed by atoms with Crippen molar-refractivity contribution in [2.75, 3.05) is 19.7 Å². The summed E-state index contributed by atoms with van der Waals surface area (Å²) in [7, 11) is 0.